The molecule has 0 fully saturated rings. The van der Waals surface area contributed by atoms with Gasteiger partial charge in [-0.3, -0.25) is 10.1 Å². The fourth-order valence-corrected chi connectivity index (χ4v) is 1.93. The van der Waals surface area contributed by atoms with Gasteiger partial charge in [0.25, 0.3) is 5.69 Å². The second-order valence-electron chi connectivity index (χ2n) is 6.16. The van der Waals surface area contributed by atoms with E-state index in [0.717, 1.165) is 6.07 Å². The fourth-order valence-electron chi connectivity index (χ4n) is 1.93. The molecule has 124 valence electrons. The van der Waals surface area contributed by atoms with Crippen molar-refractivity contribution in [2.75, 3.05) is 0 Å². The summed E-state index contributed by atoms with van der Waals surface area (Å²) in [6.07, 6.45) is -4.63. The van der Waals surface area contributed by atoms with Crippen LogP contribution in [0.15, 0.2) is 23.8 Å². The minimum atomic E-state index is -4.74. The van der Waals surface area contributed by atoms with Crippen LogP contribution in [0.2, 0.25) is 0 Å². The molecule has 5 nitrogen and oxygen atoms in total. The molecule has 0 amide bonds. The van der Waals surface area contributed by atoms with Gasteiger partial charge in [-0.25, -0.2) is 0 Å². The van der Waals surface area contributed by atoms with Crippen molar-refractivity contribution in [3.63, 3.8) is 0 Å². The molecule has 0 aliphatic carbocycles. The molecule has 1 aromatic rings. The number of nitro benzene ring substituents is 1. The number of halogens is 3. The minimum absolute atomic E-state index is 0.119. The standard InChI is InChI=1S/C15H15F3N2O3/c1-14(2,3)7-9(8-19)13(21)11-5-4-10(15(16,17)18)6-12(11)20(22)23/h4-6,21H,7H2,1-3H3. The molecule has 0 unspecified atom stereocenters. The van der Waals surface area contributed by atoms with Crippen LogP contribution in [0.3, 0.4) is 0 Å². The molecule has 0 spiro atoms. The van der Waals surface area contributed by atoms with Crippen molar-refractivity contribution in [1.29, 1.82) is 5.26 Å². The van der Waals surface area contributed by atoms with Crippen LogP contribution in [-0.4, -0.2) is 10.0 Å². The van der Waals surface area contributed by atoms with Crippen molar-refractivity contribution >= 4 is 11.4 Å². The van der Waals surface area contributed by atoms with E-state index in [1.165, 1.54) is 0 Å². The van der Waals surface area contributed by atoms with Crippen LogP contribution in [0.1, 0.15) is 38.3 Å². The molecule has 0 atom stereocenters. The van der Waals surface area contributed by atoms with Crippen molar-refractivity contribution < 1.29 is 23.2 Å². The van der Waals surface area contributed by atoms with Crippen LogP contribution in [-0.2, 0) is 6.18 Å². The predicted molar refractivity (Wildman–Crippen MR) is 77.3 cm³/mol. The van der Waals surface area contributed by atoms with Crippen LogP contribution >= 0.6 is 0 Å². The highest BCUT2D eigenvalue weighted by molar-refractivity contribution is 5.72. The summed E-state index contributed by atoms with van der Waals surface area (Å²) in [4.78, 5) is 10.0. The van der Waals surface area contributed by atoms with Gasteiger partial charge in [-0.05, 0) is 24.0 Å². The van der Waals surface area contributed by atoms with Gasteiger partial charge in [0.2, 0.25) is 0 Å². The Balaban J connectivity index is 3.53. The smallest absolute Gasteiger partial charge is 0.416 e. The van der Waals surface area contributed by atoms with Crippen molar-refractivity contribution in [2.24, 2.45) is 5.41 Å². The summed E-state index contributed by atoms with van der Waals surface area (Å²) in [5.41, 5.74) is -3.03. The minimum Gasteiger partial charge on any atom is -0.506 e. The number of nitrogens with zero attached hydrogens (tertiary/aromatic N) is 2. The van der Waals surface area contributed by atoms with E-state index in [9.17, 15) is 28.4 Å². The zero-order chi connectivity index (χ0) is 18.0. The number of nitro groups is 1. The summed E-state index contributed by atoms with van der Waals surface area (Å²) in [5, 5.41) is 30.3. The quantitative estimate of drug-likeness (QED) is 0.372. The Morgan fingerprint density at radius 1 is 1.35 bits per heavy atom. The lowest BCUT2D eigenvalue weighted by atomic mass is 9.87. The van der Waals surface area contributed by atoms with Gasteiger partial charge in [-0.15, -0.1) is 0 Å². The molecule has 0 heterocycles. The Morgan fingerprint density at radius 3 is 2.30 bits per heavy atom. The van der Waals surface area contributed by atoms with E-state index in [2.05, 4.69) is 0 Å². The molecule has 1 N–H and O–H groups in total. The number of hydrogen-bond acceptors (Lipinski definition) is 4. The van der Waals surface area contributed by atoms with E-state index in [0.29, 0.717) is 12.1 Å². The van der Waals surface area contributed by atoms with Gasteiger partial charge in [-0.1, -0.05) is 20.8 Å². The highest BCUT2D eigenvalue weighted by atomic mass is 19.4. The third-order valence-electron chi connectivity index (χ3n) is 2.90. The van der Waals surface area contributed by atoms with Crippen molar-refractivity contribution in [3.8, 4) is 6.07 Å². The first-order chi connectivity index (χ1) is 10.4. The first kappa shape index (κ1) is 18.5. The molecular formula is C15H15F3N2O3. The average Bonchev–Trinajstić information content (AvgIpc) is 2.41. The van der Waals surface area contributed by atoms with Crippen LogP contribution in [0, 0.1) is 26.9 Å². The number of hydrogen-bond donors (Lipinski definition) is 1. The Bertz CT molecular complexity index is 695. The Hall–Kier alpha value is -2.56. The zero-order valence-corrected chi connectivity index (χ0v) is 12.7. The Labute approximate surface area is 130 Å². The van der Waals surface area contributed by atoms with Gasteiger partial charge in [0.15, 0.2) is 0 Å². The molecule has 0 bridgehead atoms. The zero-order valence-electron chi connectivity index (χ0n) is 12.7. The van der Waals surface area contributed by atoms with Crippen molar-refractivity contribution in [3.05, 3.63) is 45.0 Å². The van der Waals surface area contributed by atoms with E-state index >= 15 is 0 Å². The van der Waals surface area contributed by atoms with Crippen LogP contribution < -0.4 is 0 Å². The lowest BCUT2D eigenvalue weighted by molar-refractivity contribution is -0.385. The van der Waals surface area contributed by atoms with E-state index in [1.807, 2.05) is 0 Å². The maximum absolute atomic E-state index is 12.7. The lowest BCUT2D eigenvalue weighted by Gasteiger charge is -2.18. The molecule has 0 aliphatic rings. The summed E-state index contributed by atoms with van der Waals surface area (Å²) in [6, 6.07) is 3.53. The fraction of sp³-hybridized carbons (Fsp3) is 0.400. The summed E-state index contributed by atoms with van der Waals surface area (Å²) < 4.78 is 38.0. The molecule has 0 aliphatic heterocycles. The van der Waals surface area contributed by atoms with E-state index in [1.54, 1.807) is 26.8 Å². The third kappa shape index (κ3) is 4.71. The van der Waals surface area contributed by atoms with Gasteiger partial charge in [-0.2, -0.15) is 18.4 Å². The number of rotatable bonds is 3. The molecule has 23 heavy (non-hydrogen) atoms. The van der Waals surface area contributed by atoms with Crippen molar-refractivity contribution in [2.45, 2.75) is 33.4 Å². The van der Waals surface area contributed by atoms with E-state index < -0.39 is 33.7 Å². The van der Waals surface area contributed by atoms with Crippen LogP contribution in [0.4, 0.5) is 18.9 Å². The van der Waals surface area contributed by atoms with Crippen LogP contribution in [0.5, 0.6) is 0 Å². The van der Waals surface area contributed by atoms with E-state index in [-0.39, 0.29) is 17.4 Å². The first-order valence-electron chi connectivity index (χ1n) is 6.55. The number of benzene rings is 1. The molecular weight excluding hydrogens is 313 g/mol. The van der Waals surface area contributed by atoms with Gasteiger partial charge in [0.1, 0.15) is 5.76 Å². The summed E-state index contributed by atoms with van der Waals surface area (Å²) >= 11 is 0. The predicted octanol–water partition coefficient (Wildman–Crippen LogP) is 4.84. The molecule has 0 aromatic heterocycles. The molecule has 0 radical (unpaired) electrons. The molecule has 0 saturated heterocycles. The number of aliphatic hydroxyl groups is 1. The number of aliphatic hydroxyl groups excluding tert-OH is 1. The van der Waals surface area contributed by atoms with Gasteiger partial charge in [0.05, 0.1) is 27.7 Å². The average molecular weight is 328 g/mol. The highest BCUT2D eigenvalue weighted by Crippen LogP contribution is 2.36. The number of nitriles is 1. The first-order valence-corrected chi connectivity index (χ1v) is 6.55. The molecule has 0 saturated carbocycles. The van der Waals surface area contributed by atoms with E-state index in [4.69, 9.17) is 5.26 Å². The third-order valence-corrected chi connectivity index (χ3v) is 2.90. The monoisotopic (exact) mass is 328 g/mol. The topological polar surface area (TPSA) is 87.2 Å². The SMILES string of the molecule is CC(C)(C)CC(C#N)=C(O)c1ccc(C(F)(F)F)cc1[N+](=O)[O-]. The Morgan fingerprint density at radius 2 is 1.91 bits per heavy atom. The second-order valence-corrected chi connectivity index (χ2v) is 6.16. The Kier molecular flexibility index (Phi) is 5.05. The summed E-state index contributed by atoms with van der Waals surface area (Å²) in [6.45, 7) is 5.37. The maximum atomic E-state index is 12.7. The van der Waals surface area contributed by atoms with Gasteiger partial charge >= 0.3 is 6.18 Å². The lowest BCUT2D eigenvalue weighted by Crippen LogP contribution is -2.09. The number of allylic oxidation sites excluding steroid dienone is 1. The second kappa shape index (κ2) is 6.28. The molecule has 1 rings (SSSR count). The number of alkyl halides is 3. The van der Waals surface area contributed by atoms with Crippen molar-refractivity contribution in [1.82, 2.24) is 0 Å². The molecule has 8 heteroatoms. The normalized spacial score (nSPS) is 13.3. The summed E-state index contributed by atoms with van der Waals surface area (Å²) in [5.74, 6) is -0.678. The van der Waals surface area contributed by atoms with Gasteiger partial charge in [0, 0.05) is 6.07 Å². The highest BCUT2D eigenvalue weighted by Gasteiger charge is 2.34. The van der Waals surface area contributed by atoms with Crippen LogP contribution in [0.25, 0.3) is 5.76 Å². The van der Waals surface area contributed by atoms with Gasteiger partial charge < -0.3 is 5.11 Å². The molecule has 1 aromatic carbocycles. The largest absolute Gasteiger partial charge is 0.506 e. The summed E-state index contributed by atoms with van der Waals surface area (Å²) in [7, 11) is 0. The maximum Gasteiger partial charge on any atom is 0.416 e.